The summed E-state index contributed by atoms with van der Waals surface area (Å²) in [4.78, 5) is 11.8. The lowest BCUT2D eigenvalue weighted by atomic mass is 9.79. The van der Waals surface area contributed by atoms with Gasteiger partial charge < -0.3 is 15.4 Å². The lowest BCUT2D eigenvalue weighted by Gasteiger charge is -2.36. The molecule has 4 heteroatoms. The molecule has 1 amide bonds. The Balaban J connectivity index is 2.45. The number of amides is 1. The highest BCUT2D eigenvalue weighted by atomic mass is 16.6. The van der Waals surface area contributed by atoms with Crippen molar-refractivity contribution in [1.29, 1.82) is 0 Å². The minimum atomic E-state index is -0.439. The first-order valence-electron chi connectivity index (χ1n) is 8.94. The van der Waals surface area contributed by atoms with Gasteiger partial charge in [0.2, 0.25) is 0 Å². The lowest BCUT2D eigenvalue weighted by molar-refractivity contribution is 0.0519. The quantitative estimate of drug-likeness (QED) is 0.776. The van der Waals surface area contributed by atoms with Crippen LogP contribution in [0.4, 0.5) is 4.79 Å². The molecule has 22 heavy (non-hydrogen) atoms. The predicted octanol–water partition coefficient (Wildman–Crippen LogP) is 4.09. The molecule has 0 aromatic heterocycles. The van der Waals surface area contributed by atoms with Gasteiger partial charge in [-0.3, -0.25) is 0 Å². The van der Waals surface area contributed by atoms with Crippen molar-refractivity contribution in [1.82, 2.24) is 10.6 Å². The summed E-state index contributed by atoms with van der Waals surface area (Å²) in [6.07, 6.45) is 5.76. The van der Waals surface area contributed by atoms with Crippen LogP contribution in [0.3, 0.4) is 0 Å². The van der Waals surface area contributed by atoms with Gasteiger partial charge in [0, 0.05) is 18.6 Å². The van der Waals surface area contributed by atoms with E-state index >= 15 is 0 Å². The lowest BCUT2D eigenvalue weighted by Crippen LogP contribution is -2.49. The van der Waals surface area contributed by atoms with Crippen molar-refractivity contribution in [2.24, 2.45) is 11.8 Å². The van der Waals surface area contributed by atoms with Crippen molar-refractivity contribution in [3.05, 3.63) is 0 Å². The summed E-state index contributed by atoms with van der Waals surface area (Å²) < 4.78 is 5.32. The van der Waals surface area contributed by atoms with Crippen LogP contribution >= 0.6 is 0 Å². The fourth-order valence-electron chi connectivity index (χ4n) is 3.18. The molecule has 1 fully saturated rings. The van der Waals surface area contributed by atoms with E-state index in [9.17, 15) is 4.79 Å². The number of nitrogens with one attached hydrogen (secondary N) is 2. The van der Waals surface area contributed by atoms with Gasteiger partial charge in [-0.15, -0.1) is 0 Å². The molecule has 1 aliphatic carbocycles. The second-order valence-corrected chi connectivity index (χ2v) is 8.04. The van der Waals surface area contributed by atoms with Gasteiger partial charge in [0.05, 0.1) is 0 Å². The van der Waals surface area contributed by atoms with Gasteiger partial charge in [-0.2, -0.15) is 0 Å². The minimum absolute atomic E-state index is 0.319. The highest BCUT2D eigenvalue weighted by Crippen LogP contribution is 2.28. The Morgan fingerprint density at radius 3 is 2.55 bits per heavy atom. The van der Waals surface area contributed by atoms with Crippen LogP contribution < -0.4 is 10.6 Å². The first kappa shape index (κ1) is 19.3. The molecule has 1 saturated carbocycles. The Labute approximate surface area is 136 Å². The van der Waals surface area contributed by atoms with E-state index in [-0.39, 0.29) is 6.09 Å². The zero-order chi connectivity index (χ0) is 16.8. The molecule has 4 unspecified atom stereocenters. The first-order valence-corrected chi connectivity index (χ1v) is 8.94. The zero-order valence-electron chi connectivity index (χ0n) is 15.4. The average molecular weight is 312 g/mol. The van der Waals surface area contributed by atoms with Crippen molar-refractivity contribution < 1.29 is 9.53 Å². The van der Waals surface area contributed by atoms with Crippen LogP contribution in [0.1, 0.15) is 73.6 Å². The third-order valence-electron chi connectivity index (χ3n) is 4.44. The molecule has 0 bridgehead atoms. The van der Waals surface area contributed by atoms with Gasteiger partial charge >= 0.3 is 6.09 Å². The molecule has 1 rings (SSSR count). The smallest absolute Gasteiger partial charge is 0.407 e. The molecule has 0 aromatic carbocycles. The number of carbonyl (C=O) groups excluding carboxylic acids is 1. The van der Waals surface area contributed by atoms with E-state index in [1.807, 2.05) is 20.8 Å². The number of alkyl carbamates (subject to hydrolysis) is 1. The second-order valence-electron chi connectivity index (χ2n) is 8.04. The summed E-state index contributed by atoms with van der Waals surface area (Å²) in [5.41, 5.74) is -0.439. The maximum atomic E-state index is 11.8. The van der Waals surface area contributed by atoms with Crippen LogP contribution in [0.15, 0.2) is 0 Å². The Kier molecular flexibility index (Phi) is 7.67. The standard InChI is InChI=1S/C18H36N2O2/c1-7-8-15(12-19-17(21)22-18(4,5)6)20-16-11-13(2)9-10-14(16)3/h13-16,20H,7-12H2,1-6H3,(H,19,21). The summed E-state index contributed by atoms with van der Waals surface area (Å²) in [5.74, 6) is 1.52. The SMILES string of the molecule is CCCC(CNC(=O)OC(C)(C)C)NC1CC(C)CCC1C. The normalized spacial score (nSPS) is 27.3. The van der Waals surface area contributed by atoms with Crippen molar-refractivity contribution >= 4 is 6.09 Å². The molecule has 2 N–H and O–H groups in total. The fraction of sp³-hybridized carbons (Fsp3) is 0.944. The molecule has 130 valence electrons. The van der Waals surface area contributed by atoms with Gasteiger partial charge in [-0.25, -0.2) is 4.79 Å². The van der Waals surface area contributed by atoms with Crippen molar-refractivity contribution in [3.8, 4) is 0 Å². The van der Waals surface area contributed by atoms with Crippen LogP contribution in [0.5, 0.6) is 0 Å². The Morgan fingerprint density at radius 2 is 1.95 bits per heavy atom. The summed E-state index contributed by atoms with van der Waals surface area (Å²) in [5, 5.41) is 6.70. The van der Waals surface area contributed by atoms with Gasteiger partial charge in [0.25, 0.3) is 0 Å². The van der Waals surface area contributed by atoms with E-state index in [2.05, 4.69) is 31.4 Å². The zero-order valence-corrected chi connectivity index (χ0v) is 15.4. The highest BCUT2D eigenvalue weighted by Gasteiger charge is 2.27. The fourth-order valence-corrected chi connectivity index (χ4v) is 3.18. The van der Waals surface area contributed by atoms with Crippen LogP contribution in [0.25, 0.3) is 0 Å². The third kappa shape index (κ3) is 7.48. The van der Waals surface area contributed by atoms with Crippen LogP contribution in [0, 0.1) is 11.8 Å². The van der Waals surface area contributed by atoms with E-state index in [1.54, 1.807) is 0 Å². The second kappa shape index (κ2) is 8.76. The summed E-state index contributed by atoms with van der Waals surface area (Å²) in [6, 6.07) is 0.899. The molecule has 0 spiro atoms. The van der Waals surface area contributed by atoms with E-state index < -0.39 is 5.60 Å². The molecular weight excluding hydrogens is 276 g/mol. The maximum Gasteiger partial charge on any atom is 0.407 e. The Bertz CT molecular complexity index is 338. The molecule has 0 radical (unpaired) electrons. The van der Waals surface area contributed by atoms with Crippen LogP contribution in [0.2, 0.25) is 0 Å². The molecular formula is C18H36N2O2. The molecule has 0 aromatic rings. The predicted molar refractivity (Wildman–Crippen MR) is 92.0 cm³/mol. The Morgan fingerprint density at radius 1 is 1.27 bits per heavy atom. The topological polar surface area (TPSA) is 50.4 Å². The highest BCUT2D eigenvalue weighted by molar-refractivity contribution is 5.67. The molecule has 4 atom stereocenters. The third-order valence-corrected chi connectivity index (χ3v) is 4.44. The van der Waals surface area contributed by atoms with Gasteiger partial charge in [-0.05, 0) is 51.9 Å². The maximum absolute atomic E-state index is 11.8. The van der Waals surface area contributed by atoms with Crippen LogP contribution in [-0.2, 0) is 4.74 Å². The number of ether oxygens (including phenoxy) is 1. The number of rotatable bonds is 6. The first-order chi connectivity index (χ1) is 10.2. The number of carbonyl (C=O) groups is 1. The molecule has 1 aliphatic rings. The number of hydrogen-bond donors (Lipinski definition) is 2. The van der Waals surface area contributed by atoms with Crippen molar-refractivity contribution in [2.45, 2.75) is 91.3 Å². The molecule has 4 nitrogen and oxygen atoms in total. The van der Waals surface area contributed by atoms with E-state index in [1.165, 1.54) is 19.3 Å². The molecule has 0 aliphatic heterocycles. The summed E-state index contributed by atoms with van der Waals surface area (Å²) in [6.45, 7) is 13.2. The van der Waals surface area contributed by atoms with Gasteiger partial charge in [0.15, 0.2) is 0 Å². The van der Waals surface area contributed by atoms with Gasteiger partial charge in [0.1, 0.15) is 5.60 Å². The van der Waals surface area contributed by atoms with E-state index in [4.69, 9.17) is 4.74 Å². The summed E-state index contributed by atoms with van der Waals surface area (Å²) >= 11 is 0. The van der Waals surface area contributed by atoms with Crippen molar-refractivity contribution in [2.75, 3.05) is 6.54 Å². The summed E-state index contributed by atoms with van der Waals surface area (Å²) in [7, 11) is 0. The van der Waals surface area contributed by atoms with Gasteiger partial charge in [-0.1, -0.05) is 33.6 Å². The largest absolute Gasteiger partial charge is 0.444 e. The number of hydrogen-bond acceptors (Lipinski definition) is 3. The minimum Gasteiger partial charge on any atom is -0.444 e. The average Bonchev–Trinajstić information content (AvgIpc) is 2.38. The monoisotopic (exact) mass is 312 g/mol. The van der Waals surface area contributed by atoms with Crippen molar-refractivity contribution in [3.63, 3.8) is 0 Å². The Hall–Kier alpha value is -0.770. The molecule has 0 heterocycles. The molecule has 0 saturated heterocycles. The van der Waals surface area contributed by atoms with E-state index in [0.717, 1.165) is 24.7 Å². The van der Waals surface area contributed by atoms with E-state index in [0.29, 0.717) is 18.6 Å². The van der Waals surface area contributed by atoms with Crippen LogP contribution in [-0.4, -0.2) is 30.3 Å².